The Bertz CT molecular complexity index is 493. The Kier molecular flexibility index (Phi) is 5.19. The number of nitrogen functional groups attached to an aromatic ring is 1. The molecule has 0 fully saturated rings. The van der Waals surface area contributed by atoms with Gasteiger partial charge in [0.15, 0.2) is 0 Å². The van der Waals surface area contributed by atoms with Gasteiger partial charge in [0.2, 0.25) is 0 Å². The molecule has 0 bridgehead atoms. The van der Waals surface area contributed by atoms with Crippen molar-refractivity contribution in [1.82, 2.24) is 5.32 Å². The highest BCUT2D eigenvalue weighted by Crippen LogP contribution is 2.24. The SMILES string of the molecule is CCNC(=O)c1ccc(N(C)CC(C)C#N)c(N)c1. The second kappa shape index (κ2) is 6.64. The van der Waals surface area contributed by atoms with Crippen LogP contribution in [0.25, 0.3) is 0 Å². The third kappa shape index (κ3) is 3.88. The summed E-state index contributed by atoms with van der Waals surface area (Å²) in [6.45, 7) is 4.91. The standard InChI is InChI=1S/C14H20N4O/c1-4-17-14(19)11-5-6-13(12(16)7-11)18(3)9-10(2)8-15/h5-7,10H,4,9,16H2,1-3H3,(H,17,19). The third-order valence-corrected chi connectivity index (χ3v) is 2.81. The van der Waals surface area contributed by atoms with Gasteiger partial charge in [-0.25, -0.2) is 0 Å². The second-order valence-corrected chi connectivity index (χ2v) is 4.54. The zero-order valence-electron chi connectivity index (χ0n) is 11.6. The van der Waals surface area contributed by atoms with Gasteiger partial charge in [0.1, 0.15) is 0 Å². The van der Waals surface area contributed by atoms with Crippen LogP contribution in [0.1, 0.15) is 24.2 Å². The van der Waals surface area contributed by atoms with Gasteiger partial charge < -0.3 is 16.0 Å². The largest absolute Gasteiger partial charge is 0.397 e. The van der Waals surface area contributed by atoms with Gasteiger partial charge in [0.25, 0.3) is 5.91 Å². The molecule has 0 spiro atoms. The van der Waals surface area contributed by atoms with E-state index < -0.39 is 0 Å². The zero-order chi connectivity index (χ0) is 14.4. The predicted octanol–water partition coefficient (Wildman–Crippen LogP) is 1.61. The first kappa shape index (κ1) is 14.8. The van der Waals surface area contributed by atoms with Gasteiger partial charge in [-0.05, 0) is 32.0 Å². The normalized spacial score (nSPS) is 11.5. The minimum Gasteiger partial charge on any atom is -0.397 e. The average molecular weight is 260 g/mol. The van der Waals surface area contributed by atoms with E-state index in [4.69, 9.17) is 11.0 Å². The molecule has 5 nitrogen and oxygen atoms in total. The number of nitrogens with one attached hydrogen (secondary N) is 1. The summed E-state index contributed by atoms with van der Waals surface area (Å²) in [5, 5.41) is 11.5. The molecule has 0 aliphatic carbocycles. The number of benzene rings is 1. The molecule has 0 radical (unpaired) electrons. The number of amides is 1. The van der Waals surface area contributed by atoms with E-state index in [1.807, 2.05) is 31.9 Å². The van der Waals surface area contributed by atoms with Crippen LogP contribution in [0.2, 0.25) is 0 Å². The summed E-state index contributed by atoms with van der Waals surface area (Å²) in [5.41, 5.74) is 7.88. The fraction of sp³-hybridized carbons (Fsp3) is 0.429. The number of anilines is 2. The summed E-state index contributed by atoms with van der Waals surface area (Å²) < 4.78 is 0. The minimum absolute atomic E-state index is 0.0764. The van der Waals surface area contributed by atoms with Crippen molar-refractivity contribution >= 4 is 17.3 Å². The Morgan fingerprint density at radius 2 is 2.26 bits per heavy atom. The minimum atomic E-state index is -0.131. The van der Waals surface area contributed by atoms with E-state index in [9.17, 15) is 4.79 Å². The molecule has 0 aliphatic rings. The van der Waals surface area contributed by atoms with Crippen molar-refractivity contribution in [2.45, 2.75) is 13.8 Å². The Labute approximate surface area is 114 Å². The van der Waals surface area contributed by atoms with E-state index in [1.54, 1.807) is 12.1 Å². The maximum Gasteiger partial charge on any atom is 0.251 e. The molecule has 19 heavy (non-hydrogen) atoms. The highest BCUT2D eigenvalue weighted by atomic mass is 16.1. The van der Waals surface area contributed by atoms with Crippen LogP contribution < -0.4 is 16.0 Å². The molecule has 0 aliphatic heterocycles. The van der Waals surface area contributed by atoms with Gasteiger partial charge in [-0.3, -0.25) is 4.79 Å². The van der Waals surface area contributed by atoms with Gasteiger partial charge in [-0.15, -0.1) is 0 Å². The van der Waals surface area contributed by atoms with Crippen molar-refractivity contribution in [3.8, 4) is 6.07 Å². The molecule has 5 heteroatoms. The van der Waals surface area contributed by atoms with Crippen LogP contribution in [0.5, 0.6) is 0 Å². The van der Waals surface area contributed by atoms with Gasteiger partial charge in [-0.2, -0.15) is 5.26 Å². The van der Waals surface area contributed by atoms with Crippen molar-refractivity contribution in [3.05, 3.63) is 23.8 Å². The van der Waals surface area contributed by atoms with Crippen molar-refractivity contribution < 1.29 is 4.79 Å². The first-order valence-electron chi connectivity index (χ1n) is 6.28. The number of hydrogen-bond acceptors (Lipinski definition) is 4. The molecule has 1 aromatic rings. The fourth-order valence-corrected chi connectivity index (χ4v) is 1.86. The van der Waals surface area contributed by atoms with E-state index in [0.29, 0.717) is 24.3 Å². The Morgan fingerprint density at radius 3 is 2.79 bits per heavy atom. The molecular formula is C14H20N4O. The Hall–Kier alpha value is -2.22. The number of carbonyl (C=O) groups is 1. The highest BCUT2D eigenvalue weighted by Gasteiger charge is 2.12. The number of nitrogens with two attached hydrogens (primary N) is 1. The maximum absolute atomic E-state index is 11.7. The van der Waals surface area contributed by atoms with Gasteiger partial charge in [0.05, 0.1) is 23.4 Å². The van der Waals surface area contributed by atoms with Crippen LogP contribution in [0.15, 0.2) is 18.2 Å². The molecule has 0 saturated heterocycles. The van der Waals surface area contributed by atoms with Crippen LogP contribution >= 0.6 is 0 Å². The fourth-order valence-electron chi connectivity index (χ4n) is 1.86. The molecule has 1 amide bonds. The number of hydrogen-bond donors (Lipinski definition) is 2. The third-order valence-electron chi connectivity index (χ3n) is 2.81. The van der Waals surface area contributed by atoms with Gasteiger partial charge >= 0.3 is 0 Å². The second-order valence-electron chi connectivity index (χ2n) is 4.54. The lowest BCUT2D eigenvalue weighted by Crippen LogP contribution is -2.25. The average Bonchev–Trinajstić information content (AvgIpc) is 2.38. The lowest BCUT2D eigenvalue weighted by Gasteiger charge is -2.22. The first-order valence-corrected chi connectivity index (χ1v) is 6.28. The monoisotopic (exact) mass is 260 g/mol. The zero-order valence-corrected chi connectivity index (χ0v) is 11.6. The van der Waals surface area contributed by atoms with E-state index in [1.165, 1.54) is 0 Å². The molecule has 102 valence electrons. The number of rotatable bonds is 5. The van der Waals surface area contributed by atoms with Crippen molar-refractivity contribution in [2.75, 3.05) is 30.8 Å². The van der Waals surface area contributed by atoms with Crippen LogP contribution in [-0.2, 0) is 0 Å². The molecule has 0 heterocycles. The van der Waals surface area contributed by atoms with Crippen LogP contribution in [-0.4, -0.2) is 26.0 Å². The molecule has 1 atom stereocenters. The van der Waals surface area contributed by atoms with Crippen molar-refractivity contribution in [3.63, 3.8) is 0 Å². The van der Waals surface area contributed by atoms with Crippen LogP contribution in [0.3, 0.4) is 0 Å². The number of nitriles is 1. The summed E-state index contributed by atoms with van der Waals surface area (Å²) >= 11 is 0. The predicted molar refractivity (Wildman–Crippen MR) is 76.9 cm³/mol. The molecular weight excluding hydrogens is 240 g/mol. The van der Waals surface area contributed by atoms with Crippen LogP contribution in [0.4, 0.5) is 11.4 Å². The summed E-state index contributed by atoms with van der Waals surface area (Å²) in [7, 11) is 1.88. The molecule has 1 aromatic carbocycles. The molecule has 0 saturated carbocycles. The molecule has 1 unspecified atom stereocenters. The van der Waals surface area contributed by atoms with E-state index in [-0.39, 0.29) is 11.8 Å². The van der Waals surface area contributed by atoms with E-state index in [2.05, 4.69) is 11.4 Å². The molecule has 0 aromatic heterocycles. The van der Waals surface area contributed by atoms with Crippen molar-refractivity contribution in [1.29, 1.82) is 5.26 Å². The highest BCUT2D eigenvalue weighted by molar-refractivity contribution is 5.96. The molecule has 3 N–H and O–H groups in total. The number of nitrogens with zero attached hydrogens (tertiary/aromatic N) is 2. The Balaban J connectivity index is 2.88. The van der Waals surface area contributed by atoms with Crippen molar-refractivity contribution in [2.24, 2.45) is 5.92 Å². The van der Waals surface area contributed by atoms with Crippen LogP contribution in [0, 0.1) is 17.2 Å². The quantitative estimate of drug-likeness (QED) is 0.788. The summed E-state index contributed by atoms with van der Waals surface area (Å²) in [6.07, 6.45) is 0. The number of carbonyl (C=O) groups excluding carboxylic acids is 1. The van der Waals surface area contributed by atoms with E-state index in [0.717, 1.165) is 5.69 Å². The lowest BCUT2D eigenvalue weighted by molar-refractivity contribution is 0.0956. The van der Waals surface area contributed by atoms with E-state index >= 15 is 0 Å². The lowest BCUT2D eigenvalue weighted by atomic mass is 10.1. The smallest absolute Gasteiger partial charge is 0.251 e. The summed E-state index contributed by atoms with van der Waals surface area (Å²) in [5.74, 6) is -0.207. The van der Waals surface area contributed by atoms with Gasteiger partial charge in [-0.1, -0.05) is 0 Å². The Morgan fingerprint density at radius 1 is 1.58 bits per heavy atom. The summed E-state index contributed by atoms with van der Waals surface area (Å²) in [6, 6.07) is 7.40. The topological polar surface area (TPSA) is 82.2 Å². The summed E-state index contributed by atoms with van der Waals surface area (Å²) in [4.78, 5) is 13.6. The molecule has 1 rings (SSSR count). The first-order chi connectivity index (χ1) is 8.99. The maximum atomic E-state index is 11.7. The van der Waals surface area contributed by atoms with Gasteiger partial charge in [0, 0.05) is 25.7 Å².